The number of piperazine rings is 1. The first kappa shape index (κ1) is 12.4. The minimum Gasteiger partial charge on any atom is -0.387 e. The van der Waals surface area contributed by atoms with Crippen molar-refractivity contribution in [3.8, 4) is 0 Å². The predicted molar refractivity (Wildman–Crippen MR) is 74.2 cm³/mol. The van der Waals surface area contributed by atoms with Gasteiger partial charge < -0.3 is 10.0 Å². The highest BCUT2D eigenvalue weighted by atomic mass is 32.1. The van der Waals surface area contributed by atoms with E-state index in [1.807, 2.05) is 5.38 Å². The summed E-state index contributed by atoms with van der Waals surface area (Å²) in [5.41, 5.74) is 0.807. The van der Waals surface area contributed by atoms with Crippen molar-refractivity contribution in [3.63, 3.8) is 0 Å². The molecule has 1 N–H and O–H groups in total. The van der Waals surface area contributed by atoms with E-state index in [1.54, 1.807) is 18.3 Å². The minimum absolute atomic E-state index is 0.453. The zero-order chi connectivity index (χ0) is 12.5. The summed E-state index contributed by atoms with van der Waals surface area (Å²) in [6.45, 7) is 6.39. The number of hydrogen-bond donors (Lipinski definition) is 1. The largest absolute Gasteiger partial charge is 0.387 e. The van der Waals surface area contributed by atoms with Gasteiger partial charge >= 0.3 is 0 Å². The van der Waals surface area contributed by atoms with Crippen LogP contribution in [0.3, 0.4) is 0 Å². The molecular formula is C13H21N3OS. The Morgan fingerprint density at radius 3 is 3.06 bits per heavy atom. The first-order valence-electron chi connectivity index (χ1n) is 6.86. The molecular weight excluding hydrogens is 246 g/mol. The van der Waals surface area contributed by atoms with Crippen molar-refractivity contribution in [2.45, 2.75) is 38.3 Å². The summed E-state index contributed by atoms with van der Waals surface area (Å²) in [4.78, 5) is 9.57. The highest BCUT2D eigenvalue weighted by molar-refractivity contribution is 7.13. The Hall–Kier alpha value is -0.650. The molecule has 2 saturated heterocycles. The van der Waals surface area contributed by atoms with Crippen LogP contribution in [-0.2, 0) is 0 Å². The van der Waals surface area contributed by atoms with Gasteiger partial charge in [0.15, 0.2) is 5.13 Å². The molecule has 0 radical (unpaired) electrons. The quantitative estimate of drug-likeness (QED) is 0.888. The minimum atomic E-state index is -0.453. The predicted octanol–water partition coefficient (Wildman–Crippen LogP) is 1.87. The van der Waals surface area contributed by atoms with Gasteiger partial charge in [0, 0.05) is 31.1 Å². The van der Waals surface area contributed by atoms with Gasteiger partial charge in [0.1, 0.15) is 0 Å². The molecule has 0 aromatic carbocycles. The van der Waals surface area contributed by atoms with Gasteiger partial charge in [0.25, 0.3) is 0 Å². The van der Waals surface area contributed by atoms with Crippen LogP contribution in [0.15, 0.2) is 5.38 Å². The molecule has 0 aliphatic carbocycles. The number of aliphatic hydroxyl groups is 1. The van der Waals surface area contributed by atoms with Gasteiger partial charge in [-0.3, -0.25) is 4.90 Å². The van der Waals surface area contributed by atoms with E-state index in [2.05, 4.69) is 14.8 Å². The summed E-state index contributed by atoms with van der Waals surface area (Å²) in [7, 11) is 0. The number of thiazole rings is 1. The smallest absolute Gasteiger partial charge is 0.185 e. The molecule has 2 aliphatic heterocycles. The van der Waals surface area contributed by atoms with Crippen molar-refractivity contribution in [1.82, 2.24) is 9.88 Å². The maximum atomic E-state index is 9.54. The molecule has 2 fully saturated rings. The van der Waals surface area contributed by atoms with Crippen molar-refractivity contribution < 1.29 is 5.11 Å². The zero-order valence-corrected chi connectivity index (χ0v) is 11.7. The summed E-state index contributed by atoms with van der Waals surface area (Å²) >= 11 is 1.66. The lowest BCUT2D eigenvalue weighted by molar-refractivity contribution is 0.133. The molecule has 2 atom stereocenters. The third-order valence-electron chi connectivity index (χ3n) is 4.05. The maximum Gasteiger partial charge on any atom is 0.185 e. The van der Waals surface area contributed by atoms with Crippen LogP contribution in [-0.4, -0.2) is 47.2 Å². The van der Waals surface area contributed by atoms with E-state index < -0.39 is 6.10 Å². The number of nitrogens with zero attached hydrogens (tertiary/aromatic N) is 3. The highest BCUT2D eigenvalue weighted by Gasteiger charge is 2.30. The van der Waals surface area contributed by atoms with E-state index in [0.717, 1.165) is 30.5 Å². The second-order valence-corrected chi connectivity index (χ2v) is 6.20. The number of anilines is 1. The van der Waals surface area contributed by atoms with Gasteiger partial charge in [-0.1, -0.05) is 6.42 Å². The molecule has 100 valence electrons. The normalized spacial score (nSPS) is 27.0. The standard InChI is InChI=1S/C13H21N3OS/c1-10(17)12-9-18-13(14-12)16-7-6-15-5-3-2-4-11(15)8-16/h9-11,17H,2-8H2,1H3. The van der Waals surface area contributed by atoms with Gasteiger partial charge in [-0.05, 0) is 26.3 Å². The number of aliphatic hydroxyl groups excluding tert-OH is 1. The van der Waals surface area contributed by atoms with Crippen molar-refractivity contribution in [2.24, 2.45) is 0 Å². The Labute approximate surface area is 112 Å². The molecule has 5 heteroatoms. The van der Waals surface area contributed by atoms with Crippen LogP contribution < -0.4 is 4.90 Å². The molecule has 3 heterocycles. The second-order valence-electron chi connectivity index (χ2n) is 5.36. The Morgan fingerprint density at radius 2 is 2.28 bits per heavy atom. The summed E-state index contributed by atoms with van der Waals surface area (Å²) < 4.78 is 0. The lowest BCUT2D eigenvalue weighted by Crippen LogP contribution is -2.54. The van der Waals surface area contributed by atoms with Crippen LogP contribution in [0.4, 0.5) is 5.13 Å². The number of piperidine rings is 1. The van der Waals surface area contributed by atoms with Crippen LogP contribution in [0, 0.1) is 0 Å². The molecule has 3 rings (SSSR count). The van der Waals surface area contributed by atoms with Gasteiger partial charge in [-0.25, -0.2) is 4.98 Å². The van der Waals surface area contributed by atoms with Gasteiger partial charge in [-0.2, -0.15) is 0 Å². The van der Waals surface area contributed by atoms with Crippen LogP contribution in [0.2, 0.25) is 0 Å². The molecule has 0 amide bonds. The number of rotatable bonds is 2. The van der Waals surface area contributed by atoms with Crippen LogP contribution in [0.1, 0.15) is 38.0 Å². The fourth-order valence-corrected chi connectivity index (χ4v) is 3.89. The van der Waals surface area contributed by atoms with E-state index in [9.17, 15) is 5.11 Å². The van der Waals surface area contributed by atoms with E-state index in [0.29, 0.717) is 6.04 Å². The molecule has 0 bridgehead atoms. The number of fused-ring (bicyclic) bond motifs is 1. The average molecular weight is 267 g/mol. The molecule has 18 heavy (non-hydrogen) atoms. The van der Waals surface area contributed by atoms with Crippen LogP contribution >= 0.6 is 11.3 Å². The Kier molecular flexibility index (Phi) is 3.54. The van der Waals surface area contributed by atoms with Crippen LogP contribution in [0.5, 0.6) is 0 Å². The Bertz CT molecular complexity index is 407. The molecule has 4 nitrogen and oxygen atoms in total. The van der Waals surface area contributed by atoms with Gasteiger partial charge in [0.2, 0.25) is 0 Å². The van der Waals surface area contributed by atoms with Gasteiger partial charge in [-0.15, -0.1) is 11.3 Å². The van der Waals surface area contributed by atoms with Crippen molar-refractivity contribution in [3.05, 3.63) is 11.1 Å². The first-order valence-corrected chi connectivity index (χ1v) is 7.74. The fourth-order valence-electron chi connectivity index (χ4n) is 2.94. The summed E-state index contributed by atoms with van der Waals surface area (Å²) in [5.74, 6) is 0. The van der Waals surface area contributed by atoms with E-state index >= 15 is 0 Å². The topological polar surface area (TPSA) is 39.6 Å². The number of aromatic nitrogens is 1. The third kappa shape index (κ3) is 2.39. The molecule has 0 saturated carbocycles. The molecule has 2 unspecified atom stereocenters. The molecule has 0 spiro atoms. The summed E-state index contributed by atoms with van der Waals surface area (Å²) in [6, 6.07) is 0.714. The molecule has 1 aromatic heterocycles. The van der Waals surface area contributed by atoms with Crippen LogP contribution in [0.25, 0.3) is 0 Å². The molecule has 1 aromatic rings. The monoisotopic (exact) mass is 267 g/mol. The van der Waals surface area contributed by atoms with Crippen molar-refractivity contribution in [1.29, 1.82) is 0 Å². The third-order valence-corrected chi connectivity index (χ3v) is 4.97. The average Bonchev–Trinajstić information content (AvgIpc) is 2.88. The van der Waals surface area contributed by atoms with E-state index in [-0.39, 0.29) is 0 Å². The van der Waals surface area contributed by atoms with E-state index in [1.165, 1.54) is 25.8 Å². The summed E-state index contributed by atoms with van der Waals surface area (Å²) in [5, 5.41) is 12.6. The highest BCUT2D eigenvalue weighted by Crippen LogP contribution is 2.28. The second kappa shape index (κ2) is 5.15. The number of hydrogen-bond acceptors (Lipinski definition) is 5. The van der Waals surface area contributed by atoms with Crippen molar-refractivity contribution >= 4 is 16.5 Å². The van der Waals surface area contributed by atoms with E-state index in [4.69, 9.17) is 0 Å². The lowest BCUT2D eigenvalue weighted by Gasteiger charge is -2.44. The first-order chi connectivity index (χ1) is 8.74. The SMILES string of the molecule is CC(O)c1csc(N2CCN3CCCCC3C2)n1. The Balaban J connectivity index is 1.69. The fraction of sp³-hybridized carbons (Fsp3) is 0.769. The molecule has 2 aliphatic rings. The zero-order valence-electron chi connectivity index (χ0n) is 10.9. The maximum absolute atomic E-state index is 9.54. The Morgan fingerprint density at radius 1 is 1.39 bits per heavy atom. The van der Waals surface area contributed by atoms with Crippen molar-refractivity contribution in [2.75, 3.05) is 31.1 Å². The lowest BCUT2D eigenvalue weighted by atomic mass is 10.00. The summed E-state index contributed by atoms with van der Waals surface area (Å²) in [6.07, 6.45) is 3.60. The van der Waals surface area contributed by atoms with Gasteiger partial charge in [0.05, 0.1) is 11.8 Å².